The fourth-order valence-electron chi connectivity index (χ4n) is 7.13. The summed E-state index contributed by atoms with van der Waals surface area (Å²) in [6.07, 6.45) is 7.76. The summed E-state index contributed by atoms with van der Waals surface area (Å²) in [5.41, 5.74) is 0.322. The maximum atomic E-state index is 13.0. The molecule has 2 aromatic rings. The van der Waals surface area contributed by atoms with E-state index < -0.39 is 11.1 Å². The van der Waals surface area contributed by atoms with E-state index >= 15 is 0 Å². The molecule has 0 saturated heterocycles. The van der Waals surface area contributed by atoms with E-state index in [9.17, 15) is 14.4 Å². The first-order valence-corrected chi connectivity index (χ1v) is 11.4. The molecule has 1 amide bonds. The lowest BCUT2D eigenvalue weighted by Gasteiger charge is -2.59. The summed E-state index contributed by atoms with van der Waals surface area (Å²) in [5.74, 6) is 2.29. The van der Waals surface area contributed by atoms with Crippen molar-refractivity contribution in [3.63, 3.8) is 0 Å². The third kappa shape index (κ3) is 3.03. The van der Waals surface area contributed by atoms with Gasteiger partial charge in [-0.25, -0.2) is 0 Å². The van der Waals surface area contributed by atoms with Gasteiger partial charge in [0.05, 0.1) is 11.0 Å². The van der Waals surface area contributed by atoms with Crippen LogP contribution in [-0.2, 0) is 17.9 Å². The number of fused-ring (bicyclic) bond motifs is 1. The first-order chi connectivity index (χ1) is 14.4. The summed E-state index contributed by atoms with van der Waals surface area (Å²) >= 11 is 0. The number of carbonyl (C=O) groups is 1. The zero-order chi connectivity index (χ0) is 21.0. The van der Waals surface area contributed by atoms with E-state index in [0.717, 1.165) is 17.8 Å². The normalized spacial score (nSPS) is 30.5. The quantitative estimate of drug-likeness (QED) is 0.772. The minimum absolute atomic E-state index is 0.0939. The molecule has 160 valence electrons. The van der Waals surface area contributed by atoms with Gasteiger partial charge in [-0.15, -0.1) is 0 Å². The minimum atomic E-state index is -0.631. The number of carbonyl (C=O) groups excluding carboxylic acids is 1. The lowest BCUT2D eigenvalue weighted by atomic mass is 9.48. The summed E-state index contributed by atoms with van der Waals surface area (Å²) in [6, 6.07) is 7.40. The number of aromatic nitrogens is 2. The zero-order valence-corrected chi connectivity index (χ0v) is 17.9. The van der Waals surface area contributed by atoms with Crippen molar-refractivity contribution in [3.8, 4) is 0 Å². The van der Waals surface area contributed by atoms with Gasteiger partial charge in [0.25, 0.3) is 0 Å². The summed E-state index contributed by atoms with van der Waals surface area (Å²) in [6.45, 7) is 4.29. The van der Waals surface area contributed by atoms with Crippen molar-refractivity contribution in [1.29, 1.82) is 0 Å². The van der Waals surface area contributed by atoms with E-state index in [4.69, 9.17) is 0 Å². The smallest absolute Gasteiger partial charge is 0.317 e. The Morgan fingerprint density at radius 1 is 1.00 bits per heavy atom. The Labute approximate surface area is 176 Å². The van der Waals surface area contributed by atoms with Crippen LogP contribution in [0.25, 0.3) is 11.0 Å². The molecule has 1 atom stereocenters. The van der Waals surface area contributed by atoms with E-state index in [1.54, 1.807) is 6.07 Å². The maximum Gasteiger partial charge on any atom is 0.317 e. The second kappa shape index (κ2) is 7.10. The third-order valence-corrected chi connectivity index (χ3v) is 8.14. The first kappa shape index (κ1) is 19.6. The van der Waals surface area contributed by atoms with Crippen molar-refractivity contribution in [2.75, 3.05) is 0 Å². The molecule has 1 aromatic heterocycles. The van der Waals surface area contributed by atoms with E-state index in [1.165, 1.54) is 47.7 Å². The molecule has 0 radical (unpaired) electrons. The number of nitrogens with one attached hydrogen (secondary N) is 1. The van der Waals surface area contributed by atoms with Gasteiger partial charge in [-0.3, -0.25) is 19.0 Å². The molecule has 1 N–H and O–H groups in total. The van der Waals surface area contributed by atoms with Gasteiger partial charge in [0.1, 0.15) is 6.54 Å². The molecule has 1 heterocycles. The molecule has 4 bridgehead atoms. The van der Waals surface area contributed by atoms with Crippen LogP contribution in [0.15, 0.2) is 33.9 Å². The standard InChI is InChI=1S/C24H31N3O3/c1-3-26-19-6-4-5-7-20(19)27(23(30)22(26)29)14-21(28)25-15(2)24-11-16-8-17(12-24)10-18(9-16)13-24/h4-7,15-18H,3,8-14H2,1-2H3,(H,25,28). The summed E-state index contributed by atoms with van der Waals surface area (Å²) in [5, 5.41) is 3.22. The number of benzene rings is 1. The van der Waals surface area contributed by atoms with Crippen LogP contribution < -0.4 is 16.4 Å². The molecule has 6 rings (SSSR count). The maximum absolute atomic E-state index is 13.0. The van der Waals surface area contributed by atoms with E-state index in [-0.39, 0.29) is 23.9 Å². The van der Waals surface area contributed by atoms with Crippen molar-refractivity contribution in [3.05, 3.63) is 45.0 Å². The first-order valence-electron chi connectivity index (χ1n) is 11.4. The molecule has 6 heteroatoms. The largest absolute Gasteiger partial charge is 0.352 e. The second-order valence-corrected chi connectivity index (χ2v) is 10.00. The Morgan fingerprint density at radius 3 is 2.03 bits per heavy atom. The van der Waals surface area contributed by atoms with Crippen LogP contribution in [0, 0.1) is 23.2 Å². The fraction of sp³-hybridized carbons (Fsp3) is 0.625. The average molecular weight is 410 g/mol. The highest BCUT2D eigenvalue weighted by Gasteiger charge is 2.53. The van der Waals surface area contributed by atoms with Crippen LogP contribution in [0.3, 0.4) is 0 Å². The van der Waals surface area contributed by atoms with Crippen LogP contribution >= 0.6 is 0 Å². The highest BCUT2D eigenvalue weighted by molar-refractivity contribution is 5.80. The van der Waals surface area contributed by atoms with Crippen molar-refractivity contribution >= 4 is 16.9 Å². The SMILES string of the molecule is CCn1c(=O)c(=O)n(CC(=O)NC(C)C23CC4CC(CC(C4)C2)C3)c2ccccc21. The van der Waals surface area contributed by atoms with Gasteiger partial charge in [0.15, 0.2) is 0 Å². The predicted molar refractivity (Wildman–Crippen MR) is 116 cm³/mol. The Kier molecular flexibility index (Phi) is 4.64. The van der Waals surface area contributed by atoms with Crippen molar-refractivity contribution < 1.29 is 4.79 Å². The van der Waals surface area contributed by atoms with Crippen LogP contribution in [0.1, 0.15) is 52.4 Å². The van der Waals surface area contributed by atoms with Crippen LogP contribution in [0.2, 0.25) is 0 Å². The van der Waals surface area contributed by atoms with Crippen molar-refractivity contribution in [2.24, 2.45) is 23.2 Å². The van der Waals surface area contributed by atoms with E-state index in [0.29, 0.717) is 17.6 Å². The monoisotopic (exact) mass is 409 g/mol. The topological polar surface area (TPSA) is 73.1 Å². The molecule has 6 nitrogen and oxygen atoms in total. The number of amides is 1. The molecule has 4 aliphatic rings. The van der Waals surface area contributed by atoms with Gasteiger partial charge in [-0.1, -0.05) is 12.1 Å². The Bertz CT molecular complexity index is 1080. The number of para-hydroxylation sites is 2. The molecule has 4 fully saturated rings. The van der Waals surface area contributed by atoms with Gasteiger partial charge in [0.2, 0.25) is 5.91 Å². The molecular weight excluding hydrogens is 378 g/mol. The number of hydrogen-bond donors (Lipinski definition) is 1. The number of aryl methyl sites for hydroxylation is 1. The molecule has 4 saturated carbocycles. The van der Waals surface area contributed by atoms with Crippen molar-refractivity contribution in [2.45, 2.75) is 71.5 Å². The number of rotatable bonds is 5. The molecule has 30 heavy (non-hydrogen) atoms. The van der Waals surface area contributed by atoms with Gasteiger partial charge < -0.3 is 9.88 Å². The van der Waals surface area contributed by atoms with E-state index in [2.05, 4.69) is 12.2 Å². The van der Waals surface area contributed by atoms with Gasteiger partial charge in [0, 0.05) is 12.6 Å². The highest BCUT2D eigenvalue weighted by Crippen LogP contribution is 2.61. The second-order valence-electron chi connectivity index (χ2n) is 10.00. The third-order valence-electron chi connectivity index (χ3n) is 8.14. The number of nitrogens with zero attached hydrogens (tertiary/aromatic N) is 2. The highest BCUT2D eigenvalue weighted by atomic mass is 16.2. The summed E-state index contributed by atoms with van der Waals surface area (Å²) in [4.78, 5) is 38.3. The Hall–Kier alpha value is -2.37. The van der Waals surface area contributed by atoms with Crippen LogP contribution in [-0.4, -0.2) is 21.1 Å². The molecule has 4 aliphatic carbocycles. The van der Waals surface area contributed by atoms with Crippen LogP contribution in [0.5, 0.6) is 0 Å². The average Bonchev–Trinajstić information content (AvgIpc) is 2.71. The van der Waals surface area contributed by atoms with Crippen molar-refractivity contribution in [1.82, 2.24) is 14.5 Å². The van der Waals surface area contributed by atoms with Gasteiger partial charge in [-0.05, 0) is 87.7 Å². The van der Waals surface area contributed by atoms with Gasteiger partial charge in [-0.2, -0.15) is 0 Å². The molecule has 0 aliphatic heterocycles. The molecule has 0 spiro atoms. The lowest BCUT2D eigenvalue weighted by Crippen LogP contribution is -2.56. The van der Waals surface area contributed by atoms with Crippen LogP contribution in [0.4, 0.5) is 0 Å². The van der Waals surface area contributed by atoms with E-state index in [1.807, 2.05) is 25.1 Å². The molecule has 1 aromatic carbocycles. The summed E-state index contributed by atoms with van der Waals surface area (Å²) < 4.78 is 2.82. The summed E-state index contributed by atoms with van der Waals surface area (Å²) in [7, 11) is 0. The molecule has 1 unspecified atom stereocenters. The Morgan fingerprint density at radius 2 is 1.50 bits per heavy atom. The van der Waals surface area contributed by atoms with Gasteiger partial charge >= 0.3 is 11.1 Å². The Balaban J connectivity index is 1.40. The molecular formula is C24H31N3O3. The lowest BCUT2D eigenvalue weighted by molar-refractivity contribution is -0.126. The zero-order valence-electron chi connectivity index (χ0n) is 17.9. The number of hydrogen-bond acceptors (Lipinski definition) is 3. The predicted octanol–water partition coefficient (Wildman–Crippen LogP) is 2.90. The minimum Gasteiger partial charge on any atom is -0.352 e. The fourth-order valence-corrected chi connectivity index (χ4v) is 7.13.